The number of carbonyl (C=O) groups is 2. The Morgan fingerprint density at radius 1 is 1.33 bits per heavy atom. The number of carboxylic acids is 1. The van der Waals surface area contributed by atoms with Gasteiger partial charge in [-0.2, -0.15) is 0 Å². The zero-order chi connectivity index (χ0) is 15.2. The van der Waals surface area contributed by atoms with Gasteiger partial charge in [0.25, 0.3) is 0 Å². The third-order valence-corrected chi connectivity index (χ3v) is 3.11. The maximum atomic E-state index is 11.8. The average Bonchev–Trinajstić information content (AvgIpc) is 2.91. The third kappa shape index (κ3) is 4.27. The molecule has 1 heterocycles. The fraction of sp³-hybridized carbons (Fsp3) is 0.429. The number of fused-ring (bicyclic) bond motifs is 1. The molecule has 0 saturated heterocycles. The largest absolute Gasteiger partial charge is 0.481 e. The first kappa shape index (κ1) is 15.0. The lowest BCUT2D eigenvalue weighted by Gasteiger charge is -2.17. The first-order valence-corrected chi connectivity index (χ1v) is 6.65. The van der Waals surface area contributed by atoms with Crippen molar-refractivity contribution in [3.8, 4) is 11.5 Å². The Hall–Kier alpha value is -2.44. The van der Waals surface area contributed by atoms with E-state index in [9.17, 15) is 9.59 Å². The molecule has 7 nitrogen and oxygen atoms in total. The number of rotatable bonds is 6. The Morgan fingerprint density at radius 3 is 2.86 bits per heavy atom. The first-order chi connectivity index (χ1) is 10.1. The summed E-state index contributed by atoms with van der Waals surface area (Å²) in [6, 6.07) is 5.25. The van der Waals surface area contributed by atoms with Gasteiger partial charge in [0, 0.05) is 26.6 Å². The van der Waals surface area contributed by atoms with E-state index in [1.54, 1.807) is 13.1 Å². The molecule has 1 aromatic rings. The smallest absolute Gasteiger partial charge is 0.317 e. The summed E-state index contributed by atoms with van der Waals surface area (Å²) in [6.45, 7) is 0.996. The van der Waals surface area contributed by atoms with E-state index >= 15 is 0 Å². The molecule has 0 atom stereocenters. The van der Waals surface area contributed by atoms with E-state index < -0.39 is 5.97 Å². The maximum absolute atomic E-state index is 11.8. The Balaban J connectivity index is 1.76. The lowest BCUT2D eigenvalue weighted by molar-refractivity contribution is -0.137. The number of urea groups is 1. The average molecular weight is 294 g/mol. The lowest BCUT2D eigenvalue weighted by Crippen LogP contribution is -2.37. The molecule has 2 N–H and O–H groups in total. The minimum atomic E-state index is -0.857. The zero-order valence-electron chi connectivity index (χ0n) is 11.8. The molecule has 0 radical (unpaired) electrons. The van der Waals surface area contributed by atoms with Gasteiger partial charge in [0.15, 0.2) is 11.5 Å². The monoisotopic (exact) mass is 294 g/mol. The normalized spacial score (nSPS) is 12.0. The van der Waals surface area contributed by atoms with Crippen LogP contribution >= 0.6 is 0 Å². The van der Waals surface area contributed by atoms with Gasteiger partial charge in [-0.15, -0.1) is 0 Å². The first-order valence-electron chi connectivity index (χ1n) is 6.65. The second-order valence-electron chi connectivity index (χ2n) is 4.77. The van der Waals surface area contributed by atoms with Crippen LogP contribution in [-0.4, -0.2) is 42.4 Å². The topological polar surface area (TPSA) is 88.1 Å². The van der Waals surface area contributed by atoms with Crippen LogP contribution in [0, 0.1) is 0 Å². The van der Waals surface area contributed by atoms with Crippen LogP contribution in [0.5, 0.6) is 11.5 Å². The number of aliphatic carboxylic acids is 1. The Bertz CT molecular complexity index is 532. The van der Waals surface area contributed by atoms with Crippen LogP contribution in [0.25, 0.3) is 0 Å². The molecule has 0 saturated carbocycles. The number of ether oxygens (including phenoxy) is 2. The van der Waals surface area contributed by atoms with Crippen molar-refractivity contribution in [2.24, 2.45) is 0 Å². The predicted octanol–water partition coefficient (Wildman–Crippen LogP) is 1.42. The molecule has 1 aliphatic rings. The van der Waals surface area contributed by atoms with Crippen LogP contribution in [0.4, 0.5) is 4.79 Å². The molecule has 7 heteroatoms. The standard InChI is InChI=1S/C14H18N2O5/c1-16(6-2-3-13(17)18)14(19)15-8-10-4-5-11-12(7-10)21-9-20-11/h4-5,7H,2-3,6,8-9H2,1H3,(H,15,19)(H,17,18). The van der Waals surface area contributed by atoms with E-state index in [1.165, 1.54) is 4.90 Å². The van der Waals surface area contributed by atoms with Gasteiger partial charge >= 0.3 is 12.0 Å². The predicted molar refractivity (Wildman–Crippen MR) is 74.3 cm³/mol. The second kappa shape index (κ2) is 6.83. The summed E-state index contributed by atoms with van der Waals surface area (Å²) in [5.74, 6) is 0.525. The van der Waals surface area contributed by atoms with E-state index in [0.29, 0.717) is 31.0 Å². The number of carbonyl (C=O) groups excluding carboxylic acids is 1. The molecule has 0 aliphatic carbocycles. The van der Waals surface area contributed by atoms with Crippen molar-refractivity contribution >= 4 is 12.0 Å². The van der Waals surface area contributed by atoms with Crippen LogP contribution < -0.4 is 14.8 Å². The number of nitrogens with one attached hydrogen (secondary N) is 1. The second-order valence-corrected chi connectivity index (χ2v) is 4.77. The molecule has 2 amide bonds. The van der Waals surface area contributed by atoms with Gasteiger partial charge in [0.05, 0.1) is 0 Å². The summed E-state index contributed by atoms with van der Waals surface area (Å²) in [5, 5.41) is 11.3. The Labute approximate surface area is 122 Å². The van der Waals surface area contributed by atoms with Crippen molar-refractivity contribution in [2.75, 3.05) is 20.4 Å². The molecule has 0 bridgehead atoms. The third-order valence-electron chi connectivity index (χ3n) is 3.11. The van der Waals surface area contributed by atoms with Gasteiger partial charge in [-0.05, 0) is 24.1 Å². The van der Waals surface area contributed by atoms with Gasteiger partial charge in [-0.1, -0.05) is 6.07 Å². The Morgan fingerprint density at radius 2 is 2.10 bits per heavy atom. The van der Waals surface area contributed by atoms with Crippen LogP contribution in [0.3, 0.4) is 0 Å². The zero-order valence-corrected chi connectivity index (χ0v) is 11.8. The number of hydrogen-bond acceptors (Lipinski definition) is 4. The van der Waals surface area contributed by atoms with Crippen LogP contribution in [0.1, 0.15) is 18.4 Å². The maximum Gasteiger partial charge on any atom is 0.317 e. The van der Waals surface area contributed by atoms with Crippen molar-refractivity contribution in [1.29, 1.82) is 0 Å². The Kier molecular flexibility index (Phi) is 4.86. The highest BCUT2D eigenvalue weighted by molar-refractivity contribution is 5.74. The molecule has 21 heavy (non-hydrogen) atoms. The molecular weight excluding hydrogens is 276 g/mol. The highest BCUT2D eigenvalue weighted by Crippen LogP contribution is 2.32. The van der Waals surface area contributed by atoms with Gasteiger partial charge in [-0.25, -0.2) is 4.79 Å². The quantitative estimate of drug-likeness (QED) is 0.828. The SMILES string of the molecule is CN(CCCC(=O)O)C(=O)NCc1ccc2c(c1)OCO2. The van der Waals surface area contributed by atoms with Crippen LogP contribution in [-0.2, 0) is 11.3 Å². The number of benzene rings is 1. The molecule has 2 rings (SSSR count). The van der Waals surface area contributed by atoms with Crippen molar-refractivity contribution in [2.45, 2.75) is 19.4 Å². The molecule has 0 fully saturated rings. The number of carboxylic acid groups (broad SMARTS) is 1. The minimum Gasteiger partial charge on any atom is -0.481 e. The van der Waals surface area contributed by atoms with Crippen molar-refractivity contribution < 1.29 is 24.2 Å². The van der Waals surface area contributed by atoms with E-state index in [0.717, 1.165) is 5.56 Å². The summed E-state index contributed by atoms with van der Waals surface area (Å²) in [4.78, 5) is 23.7. The molecule has 0 aromatic heterocycles. The van der Waals surface area contributed by atoms with E-state index in [1.807, 2.05) is 12.1 Å². The summed E-state index contributed by atoms with van der Waals surface area (Å²) >= 11 is 0. The fourth-order valence-corrected chi connectivity index (χ4v) is 1.93. The molecular formula is C14H18N2O5. The van der Waals surface area contributed by atoms with Gasteiger partial charge < -0.3 is 24.8 Å². The highest BCUT2D eigenvalue weighted by atomic mass is 16.7. The lowest BCUT2D eigenvalue weighted by atomic mass is 10.2. The summed E-state index contributed by atoms with van der Waals surface area (Å²) in [6.07, 6.45) is 0.489. The molecule has 0 unspecified atom stereocenters. The van der Waals surface area contributed by atoms with E-state index in [-0.39, 0.29) is 19.2 Å². The fourth-order valence-electron chi connectivity index (χ4n) is 1.93. The molecule has 1 aromatic carbocycles. The number of nitrogens with zero attached hydrogens (tertiary/aromatic N) is 1. The van der Waals surface area contributed by atoms with Gasteiger partial charge in [-0.3, -0.25) is 4.79 Å². The highest BCUT2D eigenvalue weighted by Gasteiger charge is 2.14. The van der Waals surface area contributed by atoms with Crippen LogP contribution in [0.15, 0.2) is 18.2 Å². The molecule has 114 valence electrons. The summed E-state index contributed by atoms with van der Waals surface area (Å²) in [5.41, 5.74) is 0.909. The molecule has 0 spiro atoms. The van der Waals surface area contributed by atoms with E-state index in [2.05, 4.69) is 5.32 Å². The van der Waals surface area contributed by atoms with Gasteiger partial charge in [0.1, 0.15) is 0 Å². The number of hydrogen-bond donors (Lipinski definition) is 2. The van der Waals surface area contributed by atoms with Crippen molar-refractivity contribution in [3.05, 3.63) is 23.8 Å². The summed E-state index contributed by atoms with van der Waals surface area (Å²) < 4.78 is 10.5. The van der Waals surface area contributed by atoms with Crippen LogP contribution in [0.2, 0.25) is 0 Å². The van der Waals surface area contributed by atoms with Gasteiger partial charge in [0.2, 0.25) is 6.79 Å². The van der Waals surface area contributed by atoms with E-state index in [4.69, 9.17) is 14.6 Å². The molecule has 1 aliphatic heterocycles. The van der Waals surface area contributed by atoms with Crippen molar-refractivity contribution in [3.63, 3.8) is 0 Å². The van der Waals surface area contributed by atoms with Crippen molar-refractivity contribution in [1.82, 2.24) is 10.2 Å². The minimum absolute atomic E-state index is 0.0553. The number of amides is 2. The summed E-state index contributed by atoms with van der Waals surface area (Å²) in [7, 11) is 1.64.